The number of benzene rings is 1. The third kappa shape index (κ3) is 2.67. The fourth-order valence-corrected chi connectivity index (χ4v) is 3.62. The van der Waals surface area contributed by atoms with E-state index in [2.05, 4.69) is 4.98 Å². The Morgan fingerprint density at radius 3 is 2.45 bits per heavy atom. The van der Waals surface area contributed by atoms with Crippen LogP contribution >= 0.6 is 0 Å². The Kier molecular flexibility index (Phi) is 4.08. The van der Waals surface area contributed by atoms with Crippen molar-refractivity contribution >= 4 is 20.8 Å². The molecular formula is C14H19N3O2S. The summed E-state index contributed by atoms with van der Waals surface area (Å²) in [6, 6.07) is 7.04. The molecular weight excluding hydrogens is 274 g/mol. The first-order valence-corrected chi connectivity index (χ1v) is 7.73. The molecule has 0 aliphatic heterocycles. The summed E-state index contributed by atoms with van der Waals surface area (Å²) < 4.78 is 26.7. The number of pyridine rings is 1. The summed E-state index contributed by atoms with van der Waals surface area (Å²) in [7, 11) is 1.75. The summed E-state index contributed by atoms with van der Waals surface area (Å²) >= 11 is 0. The quantitative estimate of drug-likeness (QED) is 0.805. The van der Waals surface area contributed by atoms with Crippen LogP contribution in [-0.2, 0) is 10.0 Å². The number of rotatable bonds is 4. The molecule has 0 amide bonds. The molecule has 2 rings (SSSR count). The van der Waals surface area contributed by atoms with Crippen molar-refractivity contribution in [3.8, 4) is 0 Å². The highest BCUT2D eigenvalue weighted by molar-refractivity contribution is 7.89. The first kappa shape index (κ1) is 14.9. The molecule has 0 atom stereocenters. The van der Waals surface area contributed by atoms with Gasteiger partial charge in [0.25, 0.3) is 0 Å². The molecule has 1 heterocycles. The van der Waals surface area contributed by atoms with Crippen LogP contribution in [0, 0.1) is 6.92 Å². The number of hydrogen-bond acceptors (Lipinski definition) is 4. The molecule has 5 nitrogen and oxygen atoms in total. The molecule has 20 heavy (non-hydrogen) atoms. The molecule has 2 aromatic rings. The monoisotopic (exact) mass is 293 g/mol. The fraction of sp³-hybridized carbons (Fsp3) is 0.357. The van der Waals surface area contributed by atoms with Crippen LogP contribution in [0.3, 0.4) is 0 Å². The number of fused-ring (bicyclic) bond motifs is 1. The van der Waals surface area contributed by atoms with Crippen LogP contribution in [0.2, 0.25) is 0 Å². The highest BCUT2D eigenvalue weighted by Crippen LogP contribution is 2.26. The van der Waals surface area contributed by atoms with Gasteiger partial charge in [-0.1, -0.05) is 12.1 Å². The minimum absolute atomic E-state index is 0.324. The lowest BCUT2D eigenvalue weighted by molar-refractivity contribution is 0.295. The molecule has 1 aromatic carbocycles. The summed E-state index contributed by atoms with van der Waals surface area (Å²) in [6.45, 7) is 2.21. The van der Waals surface area contributed by atoms with Crippen molar-refractivity contribution < 1.29 is 8.42 Å². The van der Waals surface area contributed by atoms with E-state index in [4.69, 9.17) is 0 Å². The van der Waals surface area contributed by atoms with Gasteiger partial charge in [0.1, 0.15) is 0 Å². The van der Waals surface area contributed by atoms with E-state index < -0.39 is 10.0 Å². The van der Waals surface area contributed by atoms with Crippen LogP contribution in [0.4, 0.5) is 0 Å². The van der Waals surface area contributed by atoms with Crippen LogP contribution in [-0.4, -0.2) is 50.4 Å². The largest absolute Gasteiger partial charge is 0.296 e. The van der Waals surface area contributed by atoms with Crippen LogP contribution in [0.25, 0.3) is 10.8 Å². The second kappa shape index (κ2) is 5.47. The third-order valence-corrected chi connectivity index (χ3v) is 4.98. The Bertz CT molecular complexity index is 726. The smallest absolute Gasteiger partial charge is 0.244 e. The molecule has 108 valence electrons. The van der Waals surface area contributed by atoms with Gasteiger partial charge in [-0.3, -0.25) is 9.88 Å². The molecule has 0 radical (unpaired) electrons. The molecule has 0 saturated heterocycles. The number of aromatic nitrogens is 1. The van der Waals surface area contributed by atoms with Gasteiger partial charge >= 0.3 is 0 Å². The molecule has 0 N–H and O–H groups in total. The highest BCUT2D eigenvalue weighted by atomic mass is 32.2. The Hall–Kier alpha value is -1.50. The normalized spacial score (nSPS) is 12.5. The lowest BCUT2D eigenvalue weighted by atomic mass is 10.1. The maximum atomic E-state index is 12.7. The average Bonchev–Trinajstić information content (AvgIpc) is 2.37. The van der Waals surface area contributed by atoms with Gasteiger partial charge < -0.3 is 0 Å². The van der Waals surface area contributed by atoms with Crippen LogP contribution in [0.5, 0.6) is 0 Å². The molecule has 0 unspecified atom stereocenters. The van der Waals surface area contributed by atoms with Crippen molar-refractivity contribution in [2.75, 3.05) is 27.8 Å². The Morgan fingerprint density at radius 1 is 1.10 bits per heavy atom. The molecule has 0 spiro atoms. The van der Waals surface area contributed by atoms with Crippen molar-refractivity contribution in [1.82, 2.24) is 14.2 Å². The summed E-state index contributed by atoms with van der Waals surface area (Å²) in [4.78, 5) is 6.35. The van der Waals surface area contributed by atoms with Crippen molar-refractivity contribution in [3.63, 3.8) is 0 Å². The van der Waals surface area contributed by atoms with E-state index in [1.807, 2.05) is 32.0 Å². The van der Waals surface area contributed by atoms with E-state index in [1.165, 1.54) is 4.31 Å². The maximum absolute atomic E-state index is 12.7. The number of sulfonamides is 1. The SMILES string of the molecule is Cc1nccc2c(S(=O)(=O)N(C)CN(C)C)cccc12. The first-order valence-electron chi connectivity index (χ1n) is 6.29. The van der Waals surface area contributed by atoms with Crippen molar-refractivity contribution in [2.24, 2.45) is 0 Å². The number of aryl methyl sites for hydroxylation is 1. The van der Waals surface area contributed by atoms with E-state index in [0.29, 0.717) is 17.0 Å². The zero-order chi connectivity index (χ0) is 14.9. The van der Waals surface area contributed by atoms with Gasteiger partial charge in [0.15, 0.2) is 0 Å². The first-order chi connectivity index (χ1) is 9.34. The van der Waals surface area contributed by atoms with Gasteiger partial charge in [-0.25, -0.2) is 8.42 Å². The molecule has 0 saturated carbocycles. The van der Waals surface area contributed by atoms with E-state index in [0.717, 1.165) is 11.1 Å². The molecule has 1 aromatic heterocycles. The van der Waals surface area contributed by atoms with Crippen LogP contribution in [0.15, 0.2) is 35.4 Å². The molecule has 6 heteroatoms. The van der Waals surface area contributed by atoms with Crippen molar-refractivity contribution in [3.05, 3.63) is 36.2 Å². The van der Waals surface area contributed by atoms with E-state index >= 15 is 0 Å². The second-order valence-corrected chi connectivity index (χ2v) is 7.08. The maximum Gasteiger partial charge on any atom is 0.244 e. The third-order valence-electron chi connectivity index (χ3n) is 3.14. The highest BCUT2D eigenvalue weighted by Gasteiger charge is 2.23. The number of hydrogen-bond donors (Lipinski definition) is 0. The zero-order valence-electron chi connectivity index (χ0n) is 12.2. The lowest BCUT2D eigenvalue weighted by Crippen LogP contribution is -2.35. The fourth-order valence-electron chi connectivity index (χ4n) is 2.19. The second-order valence-electron chi connectivity index (χ2n) is 5.07. The Balaban J connectivity index is 2.61. The van der Waals surface area contributed by atoms with Crippen LogP contribution < -0.4 is 0 Å². The van der Waals surface area contributed by atoms with E-state index in [1.54, 1.807) is 31.4 Å². The van der Waals surface area contributed by atoms with Gasteiger partial charge in [-0.15, -0.1) is 0 Å². The topological polar surface area (TPSA) is 53.5 Å². The van der Waals surface area contributed by atoms with E-state index in [9.17, 15) is 8.42 Å². The Labute approximate surface area is 119 Å². The predicted molar refractivity (Wildman–Crippen MR) is 80.0 cm³/mol. The van der Waals surface area contributed by atoms with Crippen molar-refractivity contribution in [1.29, 1.82) is 0 Å². The lowest BCUT2D eigenvalue weighted by Gasteiger charge is -2.22. The Morgan fingerprint density at radius 2 is 1.80 bits per heavy atom. The summed E-state index contributed by atoms with van der Waals surface area (Å²) in [5.41, 5.74) is 0.829. The molecule has 0 aliphatic carbocycles. The van der Waals surface area contributed by atoms with Crippen LogP contribution in [0.1, 0.15) is 5.69 Å². The molecule has 0 aliphatic rings. The summed E-state index contributed by atoms with van der Waals surface area (Å²) in [5, 5.41) is 1.58. The van der Waals surface area contributed by atoms with Gasteiger partial charge in [-0.2, -0.15) is 4.31 Å². The summed E-state index contributed by atoms with van der Waals surface area (Å²) in [6.07, 6.45) is 1.64. The van der Waals surface area contributed by atoms with Gasteiger partial charge in [0.2, 0.25) is 10.0 Å². The van der Waals surface area contributed by atoms with Gasteiger partial charge in [0.05, 0.1) is 11.6 Å². The van der Waals surface area contributed by atoms with Gasteiger partial charge in [0, 0.05) is 29.7 Å². The van der Waals surface area contributed by atoms with Gasteiger partial charge in [-0.05, 0) is 33.2 Å². The zero-order valence-corrected chi connectivity index (χ0v) is 13.0. The number of nitrogens with zero attached hydrogens (tertiary/aromatic N) is 3. The predicted octanol–water partition coefficient (Wildman–Crippen LogP) is 1.68. The average molecular weight is 293 g/mol. The minimum atomic E-state index is -3.51. The standard InChI is InChI=1S/C14H19N3O2S/c1-11-12-6-5-7-14(13(12)8-9-15-11)20(18,19)17(4)10-16(2)3/h5-9H,10H2,1-4H3. The van der Waals surface area contributed by atoms with E-state index in [-0.39, 0.29) is 0 Å². The molecule has 0 fully saturated rings. The summed E-state index contributed by atoms with van der Waals surface area (Å²) in [5.74, 6) is 0. The minimum Gasteiger partial charge on any atom is -0.296 e. The molecule has 0 bridgehead atoms. The van der Waals surface area contributed by atoms with Crippen molar-refractivity contribution in [2.45, 2.75) is 11.8 Å².